The molecule has 0 fully saturated rings. The fourth-order valence-electron chi connectivity index (χ4n) is 3.71. The molecule has 0 spiro atoms. The first-order valence-corrected chi connectivity index (χ1v) is 10.3. The van der Waals surface area contributed by atoms with Crippen LogP contribution in [0.1, 0.15) is 25.8 Å². The summed E-state index contributed by atoms with van der Waals surface area (Å²) in [5.41, 5.74) is 2.71. The van der Waals surface area contributed by atoms with Crippen molar-refractivity contribution in [2.45, 2.75) is 19.9 Å². The first kappa shape index (κ1) is 18.7. The highest BCUT2D eigenvalue weighted by molar-refractivity contribution is 7.13. The van der Waals surface area contributed by atoms with E-state index in [1.807, 2.05) is 31.0 Å². The molecule has 0 unspecified atom stereocenters. The van der Waals surface area contributed by atoms with E-state index in [1.165, 1.54) is 17.4 Å². The van der Waals surface area contributed by atoms with Crippen molar-refractivity contribution in [3.63, 3.8) is 0 Å². The number of hydrogen-bond donors (Lipinski definition) is 0. The number of carbonyl (C=O) groups is 1. The fourth-order valence-corrected chi connectivity index (χ4v) is 4.55. The number of amides is 1. The smallest absolute Gasteiger partial charge is 0.279 e. The Morgan fingerprint density at radius 3 is 2.83 bits per heavy atom. The molecule has 4 aromatic rings. The van der Waals surface area contributed by atoms with Crippen LogP contribution in [0.25, 0.3) is 23.0 Å². The zero-order chi connectivity index (χ0) is 20.8. The molecule has 0 atom stereocenters. The molecule has 1 aliphatic rings. The number of nitrogens with zero attached hydrogens (tertiary/aromatic N) is 5. The van der Waals surface area contributed by atoms with Crippen molar-refractivity contribution in [3.05, 3.63) is 63.2 Å². The van der Waals surface area contributed by atoms with E-state index >= 15 is 0 Å². The first-order valence-electron chi connectivity index (χ1n) is 9.50. The van der Waals surface area contributed by atoms with Crippen molar-refractivity contribution in [2.24, 2.45) is 7.05 Å². The summed E-state index contributed by atoms with van der Waals surface area (Å²) in [4.78, 5) is 20.9. The molecular formula is C21H18FN5O2S. The molecule has 1 amide bonds. The van der Waals surface area contributed by atoms with Gasteiger partial charge in [0.2, 0.25) is 5.82 Å². The lowest BCUT2D eigenvalue weighted by Crippen LogP contribution is -2.36. The molecule has 0 bridgehead atoms. The third-order valence-electron chi connectivity index (χ3n) is 5.22. The number of rotatable bonds is 3. The number of hydrogen-bond acceptors (Lipinski definition) is 6. The van der Waals surface area contributed by atoms with E-state index in [0.717, 1.165) is 21.0 Å². The van der Waals surface area contributed by atoms with E-state index in [0.29, 0.717) is 25.2 Å². The van der Waals surface area contributed by atoms with Gasteiger partial charge in [-0.1, -0.05) is 17.3 Å². The molecule has 0 N–H and O–H groups in total. The highest BCUT2D eigenvalue weighted by Gasteiger charge is 2.30. The monoisotopic (exact) mass is 423 g/mol. The summed E-state index contributed by atoms with van der Waals surface area (Å²) in [6.07, 6.45) is 0.684. The van der Waals surface area contributed by atoms with Gasteiger partial charge >= 0.3 is 0 Å². The highest BCUT2D eigenvalue weighted by atomic mass is 32.1. The molecule has 1 aliphatic heterocycles. The standard InChI is InChI=1S/C21H18FN5O2S/c1-12-7-8-17(30-12)21(28)27-10-9-16-14(11-27)18(24-26(16)2)20-23-19(25-29-20)13-5-3-4-6-15(13)22/h3-8H,9-11H2,1-2H3. The molecule has 5 rings (SSSR count). The Bertz CT molecular complexity index is 1260. The molecule has 0 saturated carbocycles. The Kier molecular flexibility index (Phi) is 4.47. The average molecular weight is 423 g/mol. The summed E-state index contributed by atoms with van der Waals surface area (Å²) in [6, 6.07) is 10.1. The Morgan fingerprint density at radius 1 is 1.23 bits per heavy atom. The molecule has 9 heteroatoms. The van der Waals surface area contributed by atoms with Gasteiger partial charge in [-0.25, -0.2) is 4.39 Å². The minimum atomic E-state index is -0.420. The molecule has 30 heavy (non-hydrogen) atoms. The summed E-state index contributed by atoms with van der Waals surface area (Å²) in [5, 5.41) is 8.49. The zero-order valence-electron chi connectivity index (χ0n) is 16.4. The molecule has 1 aromatic carbocycles. The van der Waals surface area contributed by atoms with E-state index in [-0.39, 0.29) is 23.2 Å². The van der Waals surface area contributed by atoms with E-state index < -0.39 is 5.82 Å². The lowest BCUT2D eigenvalue weighted by Gasteiger charge is -2.27. The molecule has 7 nitrogen and oxygen atoms in total. The van der Waals surface area contributed by atoms with Crippen molar-refractivity contribution < 1.29 is 13.7 Å². The van der Waals surface area contributed by atoms with Crippen LogP contribution in [0.4, 0.5) is 4.39 Å². The summed E-state index contributed by atoms with van der Waals surface area (Å²) in [7, 11) is 1.86. The van der Waals surface area contributed by atoms with Crippen LogP contribution in [0.3, 0.4) is 0 Å². The van der Waals surface area contributed by atoms with Gasteiger partial charge in [0.05, 0.1) is 17.0 Å². The Balaban J connectivity index is 1.48. The number of thiophene rings is 1. The predicted molar refractivity (Wildman–Crippen MR) is 109 cm³/mol. The number of carbonyl (C=O) groups excluding carboxylic acids is 1. The van der Waals surface area contributed by atoms with Crippen LogP contribution in [0.2, 0.25) is 0 Å². The number of aryl methyl sites for hydroxylation is 2. The second-order valence-corrected chi connectivity index (χ2v) is 8.48. The third kappa shape index (κ3) is 3.11. The van der Waals surface area contributed by atoms with Gasteiger partial charge in [0, 0.05) is 36.1 Å². The Morgan fingerprint density at radius 2 is 2.07 bits per heavy atom. The minimum absolute atomic E-state index is 0.00567. The van der Waals surface area contributed by atoms with Crippen molar-refractivity contribution in [3.8, 4) is 23.0 Å². The third-order valence-corrected chi connectivity index (χ3v) is 6.21. The largest absolute Gasteiger partial charge is 0.333 e. The van der Waals surface area contributed by atoms with E-state index in [1.54, 1.807) is 22.9 Å². The molecule has 152 valence electrons. The van der Waals surface area contributed by atoms with Gasteiger partial charge in [-0.2, -0.15) is 10.1 Å². The molecule has 4 heterocycles. The maximum atomic E-state index is 14.1. The van der Waals surface area contributed by atoms with Crippen LogP contribution >= 0.6 is 11.3 Å². The van der Waals surface area contributed by atoms with Gasteiger partial charge in [0.15, 0.2) is 5.69 Å². The summed E-state index contributed by atoms with van der Waals surface area (Å²) < 4.78 is 21.3. The molecular weight excluding hydrogens is 405 g/mol. The Hall–Kier alpha value is -3.33. The molecule has 3 aromatic heterocycles. The van der Waals surface area contributed by atoms with Crippen LogP contribution in [0.5, 0.6) is 0 Å². The normalized spacial score (nSPS) is 13.5. The lowest BCUT2D eigenvalue weighted by atomic mass is 10.0. The lowest BCUT2D eigenvalue weighted by molar-refractivity contribution is 0.0738. The summed E-state index contributed by atoms with van der Waals surface area (Å²) in [5.74, 6) is -0.0336. The van der Waals surface area contributed by atoms with Crippen LogP contribution in [-0.2, 0) is 20.0 Å². The van der Waals surface area contributed by atoms with Crippen molar-refractivity contribution in [1.82, 2.24) is 24.8 Å². The van der Waals surface area contributed by atoms with Crippen LogP contribution in [0.15, 0.2) is 40.9 Å². The molecule has 0 saturated heterocycles. The van der Waals surface area contributed by atoms with E-state index in [4.69, 9.17) is 4.52 Å². The van der Waals surface area contributed by atoms with Crippen molar-refractivity contribution in [1.29, 1.82) is 0 Å². The van der Waals surface area contributed by atoms with Crippen molar-refractivity contribution in [2.75, 3.05) is 6.54 Å². The second kappa shape index (κ2) is 7.17. The zero-order valence-corrected chi connectivity index (χ0v) is 17.2. The van der Waals surface area contributed by atoms with Crippen LogP contribution in [0, 0.1) is 12.7 Å². The second-order valence-electron chi connectivity index (χ2n) is 7.19. The Labute approximate surface area is 175 Å². The highest BCUT2D eigenvalue weighted by Crippen LogP contribution is 2.31. The molecule has 0 aliphatic carbocycles. The van der Waals surface area contributed by atoms with E-state index in [2.05, 4.69) is 15.2 Å². The van der Waals surface area contributed by atoms with Crippen LogP contribution in [-0.4, -0.2) is 37.3 Å². The maximum absolute atomic E-state index is 14.1. The fraction of sp³-hybridized carbons (Fsp3) is 0.238. The summed E-state index contributed by atoms with van der Waals surface area (Å²) in [6.45, 7) is 3.01. The number of halogens is 1. The number of aromatic nitrogens is 4. The van der Waals surface area contributed by atoms with Crippen LogP contribution < -0.4 is 0 Å². The van der Waals surface area contributed by atoms with Gasteiger partial charge in [0.25, 0.3) is 11.8 Å². The van der Waals surface area contributed by atoms with E-state index in [9.17, 15) is 9.18 Å². The van der Waals surface area contributed by atoms with Gasteiger partial charge in [-0.05, 0) is 31.2 Å². The average Bonchev–Trinajstić information content (AvgIpc) is 3.47. The predicted octanol–water partition coefficient (Wildman–Crippen LogP) is 3.84. The SMILES string of the molecule is Cc1ccc(C(=O)N2CCc3c(c(-c4nc(-c5ccccc5F)no4)nn3C)C2)s1. The number of fused-ring (bicyclic) bond motifs is 1. The quantitative estimate of drug-likeness (QED) is 0.500. The maximum Gasteiger partial charge on any atom is 0.279 e. The van der Waals surface area contributed by atoms with Crippen molar-refractivity contribution >= 4 is 17.2 Å². The van der Waals surface area contributed by atoms with Gasteiger partial charge in [-0.15, -0.1) is 11.3 Å². The topological polar surface area (TPSA) is 77.1 Å². The summed E-state index contributed by atoms with van der Waals surface area (Å²) >= 11 is 1.49. The molecule has 0 radical (unpaired) electrons. The number of benzene rings is 1. The van der Waals surface area contributed by atoms with Gasteiger partial charge in [-0.3, -0.25) is 9.48 Å². The van der Waals surface area contributed by atoms with Gasteiger partial charge < -0.3 is 9.42 Å². The first-order chi connectivity index (χ1) is 14.5. The minimum Gasteiger partial charge on any atom is -0.333 e. The van der Waals surface area contributed by atoms with Gasteiger partial charge in [0.1, 0.15) is 5.82 Å².